The minimum Gasteiger partial charge on any atom is -0.354 e. The van der Waals surface area contributed by atoms with Crippen LogP contribution in [0.1, 0.15) is 37.0 Å². The van der Waals surface area contributed by atoms with E-state index in [9.17, 15) is 14.4 Å². The van der Waals surface area contributed by atoms with Crippen LogP contribution in [0.25, 0.3) is 6.08 Å². The number of imide groups is 1. The van der Waals surface area contributed by atoms with Crippen molar-refractivity contribution in [2.45, 2.75) is 32.1 Å². The van der Waals surface area contributed by atoms with Crippen LogP contribution >= 0.6 is 23.1 Å². The number of amides is 3. The van der Waals surface area contributed by atoms with E-state index in [4.69, 9.17) is 0 Å². The van der Waals surface area contributed by atoms with Gasteiger partial charge in [-0.15, -0.1) is 11.3 Å². The van der Waals surface area contributed by atoms with Crippen molar-refractivity contribution >= 4 is 46.2 Å². The van der Waals surface area contributed by atoms with E-state index in [1.165, 1.54) is 22.7 Å². The molecule has 0 radical (unpaired) electrons. The molecule has 7 heteroatoms. The molecule has 1 N–H and O–H groups in total. The predicted molar refractivity (Wildman–Crippen MR) is 96.6 cm³/mol. The summed E-state index contributed by atoms with van der Waals surface area (Å²) in [5.41, 5.74) is 0. The Morgan fingerprint density at radius 1 is 1.29 bits per heavy atom. The zero-order valence-corrected chi connectivity index (χ0v) is 15.0. The average Bonchev–Trinajstić information content (AvgIpc) is 3.19. The quantitative estimate of drug-likeness (QED) is 0.812. The molecule has 1 aliphatic carbocycles. The van der Waals surface area contributed by atoms with Gasteiger partial charge in [-0.1, -0.05) is 25.3 Å². The molecule has 0 aromatic carbocycles. The van der Waals surface area contributed by atoms with Gasteiger partial charge in [-0.3, -0.25) is 19.3 Å². The summed E-state index contributed by atoms with van der Waals surface area (Å²) in [4.78, 5) is 39.1. The van der Waals surface area contributed by atoms with Crippen LogP contribution in [0, 0.1) is 5.92 Å². The fourth-order valence-electron chi connectivity index (χ4n) is 3.00. The summed E-state index contributed by atoms with van der Waals surface area (Å²) in [7, 11) is 0. The smallest absolute Gasteiger partial charge is 0.293 e. The van der Waals surface area contributed by atoms with Crippen molar-refractivity contribution in [2.24, 2.45) is 5.92 Å². The van der Waals surface area contributed by atoms with E-state index in [-0.39, 0.29) is 29.5 Å². The predicted octanol–water partition coefficient (Wildman–Crippen LogP) is 3.48. The Labute approximate surface area is 149 Å². The number of carbonyl (C=O) groups is 3. The van der Waals surface area contributed by atoms with E-state index < -0.39 is 0 Å². The highest BCUT2D eigenvalue weighted by molar-refractivity contribution is 8.18. The van der Waals surface area contributed by atoms with Crippen LogP contribution in [0.2, 0.25) is 0 Å². The summed E-state index contributed by atoms with van der Waals surface area (Å²) in [6, 6.07) is 3.81. The van der Waals surface area contributed by atoms with E-state index in [1.807, 2.05) is 17.5 Å². The molecule has 1 saturated heterocycles. The lowest BCUT2D eigenvalue weighted by atomic mass is 9.89. The molecule has 1 aromatic rings. The normalized spacial score (nSPS) is 20.8. The first-order valence-corrected chi connectivity index (χ1v) is 9.91. The van der Waals surface area contributed by atoms with Gasteiger partial charge in [0.05, 0.1) is 4.91 Å². The van der Waals surface area contributed by atoms with Crippen LogP contribution in [-0.2, 0) is 9.59 Å². The Bertz CT molecular complexity index is 649. The zero-order chi connectivity index (χ0) is 16.9. The third kappa shape index (κ3) is 4.08. The molecule has 24 heavy (non-hydrogen) atoms. The van der Waals surface area contributed by atoms with E-state index in [0.29, 0.717) is 11.4 Å². The Kier molecular flexibility index (Phi) is 5.73. The Hall–Kier alpha value is -1.60. The highest BCUT2D eigenvalue weighted by atomic mass is 32.2. The van der Waals surface area contributed by atoms with E-state index in [0.717, 1.165) is 42.3 Å². The van der Waals surface area contributed by atoms with Crippen molar-refractivity contribution in [3.8, 4) is 0 Å². The van der Waals surface area contributed by atoms with Crippen molar-refractivity contribution in [3.63, 3.8) is 0 Å². The number of carbonyl (C=O) groups excluding carboxylic acids is 3. The largest absolute Gasteiger partial charge is 0.354 e. The molecule has 1 saturated carbocycles. The van der Waals surface area contributed by atoms with Gasteiger partial charge in [0.15, 0.2) is 0 Å². The summed E-state index contributed by atoms with van der Waals surface area (Å²) in [5.74, 6) is -0.131. The summed E-state index contributed by atoms with van der Waals surface area (Å²) in [6.07, 6.45) is 7.05. The molecule has 0 unspecified atom stereocenters. The number of hydrogen-bond donors (Lipinski definition) is 1. The maximum atomic E-state index is 12.3. The summed E-state index contributed by atoms with van der Waals surface area (Å²) in [6.45, 7) is 0.546. The van der Waals surface area contributed by atoms with Gasteiger partial charge in [-0.05, 0) is 42.1 Å². The van der Waals surface area contributed by atoms with E-state index in [1.54, 1.807) is 6.08 Å². The van der Waals surface area contributed by atoms with E-state index >= 15 is 0 Å². The van der Waals surface area contributed by atoms with Gasteiger partial charge in [0.2, 0.25) is 5.91 Å². The first-order chi connectivity index (χ1) is 11.6. The van der Waals surface area contributed by atoms with Gasteiger partial charge < -0.3 is 5.32 Å². The molecule has 128 valence electrons. The van der Waals surface area contributed by atoms with Crippen LogP contribution in [0.15, 0.2) is 22.4 Å². The summed E-state index contributed by atoms with van der Waals surface area (Å²) < 4.78 is 0. The number of thiophene rings is 1. The molecule has 2 fully saturated rings. The van der Waals surface area contributed by atoms with Gasteiger partial charge in [0, 0.05) is 23.9 Å². The van der Waals surface area contributed by atoms with Crippen molar-refractivity contribution in [1.82, 2.24) is 10.2 Å². The molecule has 1 aliphatic heterocycles. The molecule has 1 aromatic heterocycles. The molecule has 2 heterocycles. The lowest BCUT2D eigenvalue weighted by Crippen LogP contribution is -2.39. The SMILES string of the molecule is O=C(NCCN1C(=O)S/C(=C/c2cccs2)C1=O)C1CCCCC1. The van der Waals surface area contributed by atoms with Crippen molar-refractivity contribution in [1.29, 1.82) is 0 Å². The zero-order valence-electron chi connectivity index (χ0n) is 13.3. The first-order valence-electron chi connectivity index (χ1n) is 8.22. The topological polar surface area (TPSA) is 66.5 Å². The van der Waals surface area contributed by atoms with Crippen molar-refractivity contribution in [2.75, 3.05) is 13.1 Å². The molecule has 2 aliphatic rings. The second kappa shape index (κ2) is 7.98. The van der Waals surface area contributed by atoms with Crippen molar-refractivity contribution in [3.05, 3.63) is 27.3 Å². The number of thioether (sulfide) groups is 1. The van der Waals surface area contributed by atoms with Gasteiger partial charge in [0.25, 0.3) is 11.1 Å². The Morgan fingerprint density at radius 2 is 2.08 bits per heavy atom. The number of nitrogens with zero attached hydrogens (tertiary/aromatic N) is 1. The van der Waals surface area contributed by atoms with Crippen LogP contribution in [0.3, 0.4) is 0 Å². The lowest BCUT2D eigenvalue weighted by Gasteiger charge is -2.21. The average molecular weight is 364 g/mol. The van der Waals surface area contributed by atoms with Crippen LogP contribution in [0.5, 0.6) is 0 Å². The van der Waals surface area contributed by atoms with Crippen molar-refractivity contribution < 1.29 is 14.4 Å². The highest BCUT2D eigenvalue weighted by Crippen LogP contribution is 2.32. The van der Waals surface area contributed by atoms with Gasteiger partial charge in [-0.25, -0.2) is 0 Å². The van der Waals surface area contributed by atoms with Gasteiger partial charge >= 0.3 is 0 Å². The van der Waals surface area contributed by atoms with Crippen LogP contribution < -0.4 is 5.32 Å². The lowest BCUT2D eigenvalue weighted by molar-refractivity contribution is -0.127. The summed E-state index contributed by atoms with van der Waals surface area (Å²) >= 11 is 2.48. The second-order valence-electron chi connectivity index (χ2n) is 5.97. The molecule has 3 amide bonds. The maximum absolute atomic E-state index is 12.3. The van der Waals surface area contributed by atoms with Gasteiger partial charge in [0.1, 0.15) is 0 Å². The molecule has 0 bridgehead atoms. The minimum atomic E-state index is -0.273. The highest BCUT2D eigenvalue weighted by Gasteiger charge is 2.34. The third-order valence-corrected chi connectivity index (χ3v) is 6.03. The Morgan fingerprint density at radius 3 is 2.79 bits per heavy atom. The minimum absolute atomic E-state index is 0.0517. The summed E-state index contributed by atoms with van der Waals surface area (Å²) in [5, 5.41) is 4.53. The van der Waals surface area contributed by atoms with Gasteiger partial charge in [-0.2, -0.15) is 0 Å². The standard InChI is InChI=1S/C17H20N2O3S2/c20-15(12-5-2-1-3-6-12)18-8-9-19-16(21)14(24-17(19)22)11-13-7-4-10-23-13/h4,7,10-12H,1-3,5-6,8-9H2,(H,18,20)/b14-11+. The number of rotatable bonds is 5. The fourth-order valence-corrected chi connectivity index (χ4v) is 4.58. The fraction of sp³-hybridized carbons (Fsp3) is 0.471. The van der Waals surface area contributed by atoms with Crippen LogP contribution in [0.4, 0.5) is 4.79 Å². The number of nitrogens with one attached hydrogen (secondary N) is 1. The Balaban J connectivity index is 1.51. The molecule has 0 spiro atoms. The monoisotopic (exact) mass is 364 g/mol. The first kappa shape index (κ1) is 17.2. The van der Waals surface area contributed by atoms with Crippen LogP contribution in [-0.4, -0.2) is 35.0 Å². The number of hydrogen-bond acceptors (Lipinski definition) is 5. The second-order valence-corrected chi connectivity index (χ2v) is 7.95. The molecule has 3 rings (SSSR count). The maximum Gasteiger partial charge on any atom is 0.293 e. The molecular weight excluding hydrogens is 344 g/mol. The molecule has 0 atom stereocenters. The van der Waals surface area contributed by atoms with E-state index in [2.05, 4.69) is 5.32 Å². The molecule has 5 nitrogen and oxygen atoms in total. The molecular formula is C17H20N2O3S2. The third-order valence-electron chi connectivity index (χ3n) is 4.30.